The molecule has 0 aromatic heterocycles. The topological polar surface area (TPSA) is 119 Å². The number of carbonyl (C=O) groups is 4. The molecule has 0 aliphatic carbocycles. The number of carboxylic acids is 1. The second-order valence-electron chi connectivity index (χ2n) is 8.51. The molecule has 0 unspecified atom stereocenters. The van der Waals surface area contributed by atoms with Crippen LogP contribution in [-0.2, 0) is 14.4 Å². The second-order valence-corrected chi connectivity index (χ2v) is 9.32. The minimum absolute atomic E-state index is 0.0531. The standard InChI is InChI=1S/C24H24Cl2N4O5/c25-16-7-4-8-17(26)20(16)21(32)28-18(22(33)34)13-19(31)29-11-9-24(10-12-29)23(35)27-14-30(24)15-5-2-1-3-6-15/h1-8,18H,9-14H2,(H,27,35)(H,28,32)(H,33,34)/t18-/m0/s1. The zero-order valence-corrected chi connectivity index (χ0v) is 20.2. The van der Waals surface area contributed by atoms with Crippen LogP contribution in [0, 0.1) is 0 Å². The van der Waals surface area contributed by atoms with Crippen LogP contribution in [-0.4, -0.2) is 65.0 Å². The molecule has 2 aliphatic rings. The van der Waals surface area contributed by atoms with Crippen molar-refractivity contribution in [3.8, 4) is 0 Å². The van der Waals surface area contributed by atoms with E-state index in [4.69, 9.17) is 23.2 Å². The number of carboxylic acid groups (broad SMARTS) is 1. The molecule has 0 radical (unpaired) electrons. The summed E-state index contributed by atoms with van der Waals surface area (Å²) in [6.07, 6.45) is 0.363. The summed E-state index contributed by atoms with van der Waals surface area (Å²) in [5.41, 5.74) is 0.0968. The second kappa shape index (κ2) is 10.1. The van der Waals surface area contributed by atoms with Gasteiger partial charge in [-0.3, -0.25) is 14.4 Å². The van der Waals surface area contributed by atoms with E-state index in [0.29, 0.717) is 19.5 Å². The van der Waals surface area contributed by atoms with Crippen LogP contribution in [0.4, 0.5) is 5.69 Å². The number of carbonyl (C=O) groups excluding carboxylic acids is 3. The number of nitrogens with zero attached hydrogens (tertiary/aromatic N) is 2. The van der Waals surface area contributed by atoms with Crippen molar-refractivity contribution in [2.24, 2.45) is 0 Å². The van der Waals surface area contributed by atoms with Crippen LogP contribution in [0.2, 0.25) is 10.0 Å². The Kier molecular flexibility index (Phi) is 7.18. The predicted molar refractivity (Wildman–Crippen MR) is 130 cm³/mol. The number of amides is 3. The highest BCUT2D eigenvalue weighted by Gasteiger charge is 2.50. The Bertz CT molecular complexity index is 1130. The number of piperidine rings is 1. The normalized spacial score (nSPS) is 17.7. The maximum atomic E-state index is 12.9. The molecule has 2 heterocycles. The fourth-order valence-corrected chi connectivity index (χ4v) is 5.18. The summed E-state index contributed by atoms with van der Waals surface area (Å²) in [7, 11) is 0. The Morgan fingerprint density at radius 1 is 1.03 bits per heavy atom. The Balaban J connectivity index is 1.41. The number of benzene rings is 2. The molecule has 0 saturated carbocycles. The fraction of sp³-hybridized carbons (Fsp3) is 0.333. The number of hydrogen-bond acceptors (Lipinski definition) is 5. The zero-order valence-electron chi connectivity index (χ0n) is 18.7. The van der Waals surface area contributed by atoms with Crippen molar-refractivity contribution in [3.05, 3.63) is 64.1 Å². The number of anilines is 1. The quantitative estimate of drug-likeness (QED) is 0.540. The molecule has 1 atom stereocenters. The third-order valence-corrected chi connectivity index (χ3v) is 7.15. The Hall–Kier alpha value is -3.30. The Morgan fingerprint density at radius 3 is 2.26 bits per heavy atom. The summed E-state index contributed by atoms with van der Waals surface area (Å²) in [6.45, 7) is 0.951. The zero-order chi connectivity index (χ0) is 25.2. The van der Waals surface area contributed by atoms with E-state index in [-0.39, 0.29) is 34.6 Å². The number of likely N-dealkylation sites (tertiary alicyclic amines) is 1. The summed E-state index contributed by atoms with van der Waals surface area (Å²) >= 11 is 12.1. The van der Waals surface area contributed by atoms with E-state index >= 15 is 0 Å². The number of hydrogen-bond donors (Lipinski definition) is 3. The molecule has 1 spiro atoms. The lowest BCUT2D eigenvalue weighted by molar-refractivity contribution is -0.144. The Labute approximate surface area is 212 Å². The van der Waals surface area contributed by atoms with Crippen LogP contribution < -0.4 is 15.5 Å². The van der Waals surface area contributed by atoms with Crippen LogP contribution in [0.5, 0.6) is 0 Å². The lowest BCUT2D eigenvalue weighted by Gasteiger charge is -2.43. The first kappa shape index (κ1) is 24.8. The minimum atomic E-state index is -1.46. The van der Waals surface area contributed by atoms with E-state index in [1.807, 2.05) is 35.2 Å². The Morgan fingerprint density at radius 2 is 1.66 bits per heavy atom. The van der Waals surface area contributed by atoms with Gasteiger partial charge >= 0.3 is 5.97 Å². The molecule has 2 saturated heterocycles. The summed E-state index contributed by atoms with van der Waals surface area (Å²) in [6, 6.07) is 12.6. The predicted octanol–water partition coefficient (Wildman–Crippen LogP) is 2.52. The molecule has 9 nitrogen and oxygen atoms in total. The van der Waals surface area contributed by atoms with Gasteiger partial charge < -0.3 is 25.5 Å². The molecular weight excluding hydrogens is 495 g/mol. The van der Waals surface area contributed by atoms with E-state index in [2.05, 4.69) is 10.6 Å². The van der Waals surface area contributed by atoms with Crippen LogP contribution >= 0.6 is 23.2 Å². The molecule has 11 heteroatoms. The van der Waals surface area contributed by atoms with Crippen molar-refractivity contribution < 1.29 is 24.3 Å². The molecular formula is C24H24Cl2N4O5. The summed E-state index contributed by atoms with van der Waals surface area (Å²) in [5, 5.41) is 15.0. The average Bonchev–Trinajstić information content (AvgIpc) is 3.14. The van der Waals surface area contributed by atoms with Crippen molar-refractivity contribution in [2.75, 3.05) is 24.7 Å². The van der Waals surface area contributed by atoms with Crippen molar-refractivity contribution in [1.29, 1.82) is 0 Å². The number of nitrogens with one attached hydrogen (secondary N) is 2. The van der Waals surface area contributed by atoms with Crippen molar-refractivity contribution in [3.63, 3.8) is 0 Å². The smallest absolute Gasteiger partial charge is 0.326 e. The molecule has 3 amide bonds. The molecule has 2 aromatic rings. The number of aliphatic carboxylic acids is 1. The highest BCUT2D eigenvalue weighted by atomic mass is 35.5. The average molecular weight is 519 g/mol. The van der Waals surface area contributed by atoms with Gasteiger partial charge in [0, 0.05) is 18.8 Å². The molecule has 3 N–H and O–H groups in total. The van der Waals surface area contributed by atoms with Gasteiger partial charge in [-0.15, -0.1) is 0 Å². The molecule has 184 valence electrons. The van der Waals surface area contributed by atoms with Crippen LogP contribution in [0.3, 0.4) is 0 Å². The molecule has 0 bridgehead atoms. The summed E-state index contributed by atoms with van der Waals surface area (Å²) < 4.78 is 0. The lowest BCUT2D eigenvalue weighted by Crippen LogP contribution is -2.57. The van der Waals surface area contributed by atoms with Crippen molar-refractivity contribution >= 4 is 52.6 Å². The van der Waals surface area contributed by atoms with Crippen molar-refractivity contribution in [1.82, 2.24) is 15.5 Å². The van der Waals surface area contributed by atoms with Crippen LogP contribution in [0.25, 0.3) is 0 Å². The van der Waals surface area contributed by atoms with Gasteiger partial charge in [-0.05, 0) is 37.1 Å². The first-order chi connectivity index (χ1) is 16.7. The van der Waals surface area contributed by atoms with Gasteiger partial charge in [0.1, 0.15) is 11.6 Å². The highest BCUT2D eigenvalue weighted by molar-refractivity contribution is 6.39. The maximum Gasteiger partial charge on any atom is 0.326 e. The molecule has 35 heavy (non-hydrogen) atoms. The SMILES string of the molecule is O=C(N[C@@H](CC(=O)N1CCC2(CC1)C(=O)NCN2c1ccccc1)C(=O)O)c1c(Cl)cccc1Cl. The van der Waals surface area contributed by atoms with E-state index in [9.17, 15) is 24.3 Å². The number of rotatable bonds is 6. The van der Waals surface area contributed by atoms with Gasteiger partial charge in [0.2, 0.25) is 11.8 Å². The van der Waals surface area contributed by atoms with E-state index in [1.54, 1.807) is 6.07 Å². The highest BCUT2D eigenvalue weighted by Crippen LogP contribution is 2.36. The third-order valence-electron chi connectivity index (χ3n) is 6.52. The largest absolute Gasteiger partial charge is 0.480 e. The van der Waals surface area contributed by atoms with E-state index < -0.39 is 35.8 Å². The molecule has 4 rings (SSSR count). The lowest BCUT2D eigenvalue weighted by atomic mass is 9.85. The first-order valence-electron chi connectivity index (χ1n) is 11.1. The van der Waals surface area contributed by atoms with Crippen molar-refractivity contribution in [2.45, 2.75) is 30.8 Å². The van der Waals surface area contributed by atoms with Gasteiger partial charge in [-0.1, -0.05) is 47.5 Å². The minimum Gasteiger partial charge on any atom is -0.480 e. The van der Waals surface area contributed by atoms with E-state index in [1.165, 1.54) is 17.0 Å². The van der Waals surface area contributed by atoms with Crippen LogP contribution in [0.1, 0.15) is 29.6 Å². The van der Waals surface area contributed by atoms with Crippen LogP contribution in [0.15, 0.2) is 48.5 Å². The number of para-hydroxylation sites is 1. The van der Waals surface area contributed by atoms with Gasteiger partial charge in [0.25, 0.3) is 5.91 Å². The molecule has 2 aliphatic heterocycles. The summed E-state index contributed by atoms with van der Waals surface area (Å²) in [4.78, 5) is 53.7. The fourth-order valence-electron chi connectivity index (χ4n) is 4.61. The summed E-state index contributed by atoms with van der Waals surface area (Å²) in [5.74, 6) is -2.64. The molecule has 2 fully saturated rings. The van der Waals surface area contributed by atoms with E-state index in [0.717, 1.165) is 5.69 Å². The van der Waals surface area contributed by atoms with Gasteiger partial charge in [0.15, 0.2) is 0 Å². The third kappa shape index (κ3) is 4.92. The molecule has 2 aromatic carbocycles. The first-order valence-corrected chi connectivity index (χ1v) is 11.8. The van der Waals surface area contributed by atoms with Gasteiger partial charge in [0.05, 0.1) is 28.7 Å². The number of halogens is 2. The van der Waals surface area contributed by atoms with Gasteiger partial charge in [-0.25, -0.2) is 4.79 Å². The van der Waals surface area contributed by atoms with Gasteiger partial charge in [-0.2, -0.15) is 0 Å². The monoisotopic (exact) mass is 518 g/mol. The maximum absolute atomic E-state index is 12.9.